The summed E-state index contributed by atoms with van der Waals surface area (Å²) in [4.78, 5) is 2.75. The van der Waals surface area contributed by atoms with Crippen LogP contribution in [0.3, 0.4) is 0 Å². The molecule has 1 aromatic rings. The number of nitrogens with two attached hydrogens (primary N) is 1. The fourth-order valence-electron chi connectivity index (χ4n) is 2.53. The fourth-order valence-corrected chi connectivity index (χ4v) is 2.94. The van der Waals surface area contributed by atoms with E-state index < -0.39 is 0 Å². The molecule has 0 amide bonds. The third kappa shape index (κ3) is 2.55. The Morgan fingerprint density at radius 1 is 1.47 bits per heavy atom. The molecule has 2 rings (SSSR count). The Bertz CT molecular complexity index is 447. The van der Waals surface area contributed by atoms with Crippen LogP contribution in [0.4, 0.5) is 5.69 Å². The highest BCUT2D eigenvalue weighted by molar-refractivity contribution is 7.80. The van der Waals surface area contributed by atoms with E-state index in [4.69, 9.17) is 29.6 Å². The minimum atomic E-state index is 0.390. The molecule has 2 atom stereocenters. The zero-order valence-electron chi connectivity index (χ0n) is 10.1. The Labute approximate surface area is 113 Å². The number of anilines is 1. The summed E-state index contributed by atoms with van der Waals surface area (Å²) in [6.07, 6.45) is 1.22. The molecule has 1 aliphatic heterocycles. The third-order valence-electron chi connectivity index (χ3n) is 3.33. The van der Waals surface area contributed by atoms with Crippen LogP contribution in [-0.2, 0) is 0 Å². The summed E-state index contributed by atoms with van der Waals surface area (Å²) < 4.78 is 0. The van der Waals surface area contributed by atoms with Crippen molar-refractivity contribution in [1.82, 2.24) is 0 Å². The van der Waals surface area contributed by atoms with Gasteiger partial charge in [0.05, 0.1) is 10.7 Å². The molecule has 4 heteroatoms. The van der Waals surface area contributed by atoms with Crippen molar-refractivity contribution in [3.05, 3.63) is 28.8 Å². The summed E-state index contributed by atoms with van der Waals surface area (Å²) in [5.41, 5.74) is 7.51. The van der Waals surface area contributed by atoms with Gasteiger partial charge in [0.25, 0.3) is 0 Å². The highest BCUT2D eigenvalue weighted by Crippen LogP contribution is 2.34. The molecule has 17 heavy (non-hydrogen) atoms. The van der Waals surface area contributed by atoms with E-state index in [9.17, 15) is 0 Å². The van der Waals surface area contributed by atoms with Crippen LogP contribution in [-0.4, -0.2) is 17.6 Å². The summed E-state index contributed by atoms with van der Waals surface area (Å²) in [6, 6.07) is 6.36. The minimum Gasteiger partial charge on any atom is -0.389 e. The molecular weight excluding hydrogens is 252 g/mol. The van der Waals surface area contributed by atoms with Gasteiger partial charge in [-0.2, -0.15) is 0 Å². The van der Waals surface area contributed by atoms with Gasteiger partial charge in [0.15, 0.2) is 0 Å². The number of thiocarbonyl (C=S) groups is 1. The molecule has 2 N–H and O–H groups in total. The zero-order valence-corrected chi connectivity index (χ0v) is 11.7. The first-order valence-corrected chi connectivity index (χ1v) is 6.63. The van der Waals surface area contributed by atoms with Gasteiger partial charge in [-0.1, -0.05) is 30.7 Å². The average molecular weight is 269 g/mol. The fraction of sp³-hybridized carbons (Fsp3) is 0.462. The van der Waals surface area contributed by atoms with E-state index in [1.807, 2.05) is 18.2 Å². The lowest BCUT2D eigenvalue weighted by Gasteiger charge is -2.25. The summed E-state index contributed by atoms with van der Waals surface area (Å²) in [7, 11) is 0. The lowest BCUT2D eigenvalue weighted by atomic mass is 10.1. The smallest absolute Gasteiger partial charge is 0.104 e. The molecule has 0 saturated carbocycles. The summed E-state index contributed by atoms with van der Waals surface area (Å²) in [6.45, 7) is 5.57. The van der Waals surface area contributed by atoms with Crippen LogP contribution < -0.4 is 10.6 Å². The van der Waals surface area contributed by atoms with E-state index in [2.05, 4.69) is 18.7 Å². The molecule has 2 unspecified atom stereocenters. The van der Waals surface area contributed by atoms with Gasteiger partial charge in [0.2, 0.25) is 0 Å². The van der Waals surface area contributed by atoms with Gasteiger partial charge in [-0.25, -0.2) is 0 Å². The van der Waals surface area contributed by atoms with Crippen LogP contribution in [0.1, 0.15) is 25.8 Å². The van der Waals surface area contributed by atoms with Crippen LogP contribution in [0.2, 0.25) is 5.02 Å². The highest BCUT2D eigenvalue weighted by Gasteiger charge is 2.27. The van der Waals surface area contributed by atoms with E-state index in [1.165, 1.54) is 6.42 Å². The van der Waals surface area contributed by atoms with Crippen molar-refractivity contribution >= 4 is 34.5 Å². The highest BCUT2D eigenvalue weighted by atomic mass is 35.5. The van der Waals surface area contributed by atoms with Crippen molar-refractivity contribution in [2.75, 3.05) is 11.4 Å². The van der Waals surface area contributed by atoms with E-state index in [1.54, 1.807) is 0 Å². The monoisotopic (exact) mass is 268 g/mol. The van der Waals surface area contributed by atoms with Crippen LogP contribution in [0, 0.1) is 5.92 Å². The Morgan fingerprint density at radius 2 is 2.18 bits per heavy atom. The molecule has 0 aliphatic carbocycles. The molecule has 1 aliphatic rings. The summed E-state index contributed by atoms with van der Waals surface area (Å²) in [5.74, 6) is 0.719. The summed E-state index contributed by atoms with van der Waals surface area (Å²) in [5, 5.41) is 0.733. The van der Waals surface area contributed by atoms with Crippen LogP contribution in [0.15, 0.2) is 18.2 Å². The number of benzene rings is 1. The molecule has 1 heterocycles. The molecule has 92 valence electrons. The van der Waals surface area contributed by atoms with Crippen molar-refractivity contribution in [3.63, 3.8) is 0 Å². The van der Waals surface area contributed by atoms with Crippen molar-refractivity contribution < 1.29 is 0 Å². The van der Waals surface area contributed by atoms with Gasteiger partial charge in [-0.3, -0.25) is 0 Å². The first kappa shape index (κ1) is 12.7. The van der Waals surface area contributed by atoms with Crippen LogP contribution >= 0.6 is 23.8 Å². The third-order valence-corrected chi connectivity index (χ3v) is 3.86. The van der Waals surface area contributed by atoms with E-state index in [0.29, 0.717) is 11.0 Å². The Morgan fingerprint density at radius 3 is 2.65 bits per heavy atom. The number of rotatable bonds is 2. The second kappa shape index (κ2) is 4.83. The van der Waals surface area contributed by atoms with E-state index in [0.717, 1.165) is 28.7 Å². The van der Waals surface area contributed by atoms with Crippen LogP contribution in [0.25, 0.3) is 0 Å². The van der Waals surface area contributed by atoms with Crippen LogP contribution in [0.5, 0.6) is 0 Å². The molecule has 1 fully saturated rings. The standard InChI is InChI=1S/C13H17ClN2S/c1-8-5-9(2)16(7-8)12-4-3-10(13(15)17)6-11(12)14/h3-4,6,8-9H,5,7H2,1-2H3,(H2,15,17). The average Bonchev–Trinajstić information content (AvgIpc) is 2.57. The number of nitrogens with zero attached hydrogens (tertiary/aromatic N) is 1. The molecule has 2 nitrogen and oxygen atoms in total. The van der Waals surface area contributed by atoms with E-state index >= 15 is 0 Å². The van der Waals surface area contributed by atoms with Gasteiger partial charge in [0, 0.05) is 18.2 Å². The Kier molecular flexibility index (Phi) is 3.59. The second-order valence-corrected chi connectivity index (χ2v) is 5.72. The maximum Gasteiger partial charge on any atom is 0.104 e. The van der Waals surface area contributed by atoms with Gasteiger partial charge >= 0.3 is 0 Å². The number of hydrogen-bond donors (Lipinski definition) is 1. The largest absolute Gasteiger partial charge is 0.389 e. The normalized spacial score (nSPS) is 24.1. The molecule has 0 spiro atoms. The Hall–Kier alpha value is -0.800. The van der Waals surface area contributed by atoms with Crippen molar-refractivity contribution in [2.45, 2.75) is 26.3 Å². The SMILES string of the molecule is CC1CC(C)N(c2ccc(C(N)=S)cc2Cl)C1. The molecule has 0 aromatic heterocycles. The lowest BCUT2D eigenvalue weighted by Crippen LogP contribution is -2.27. The second-order valence-electron chi connectivity index (χ2n) is 4.87. The summed E-state index contributed by atoms with van der Waals surface area (Å²) >= 11 is 11.3. The first-order valence-electron chi connectivity index (χ1n) is 5.85. The Balaban J connectivity index is 2.31. The lowest BCUT2D eigenvalue weighted by molar-refractivity contribution is 0.625. The van der Waals surface area contributed by atoms with Crippen molar-refractivity contribution in [2.24, 2.45) is 11.7 Å². The van der Waals surface area contributed by atoms with Gasteiger partial charge < -0.3 is 10.6 Å². The number of halogens is 1. The first-order chi connectivity index (χ1) is 7.99. The van der Waals surface area contributed by atoms with E-state index in [-0.39, 0.29) is 0 Å². The zero-order chi connectivity index (χ0) is 12.6. The quantitative estimate of drug-likeness (QED) is 0.836. The minimum absolute atomic E-state index is 0.390. The molecule has 0 radical (unpaired) electrons. The molecule has 0 bridgehead atoms. The maximum atomic E-state index is 6.31. The number of hydrogen-bond acceptors (Lipinski definition) is 2. The molecule has 1 aromatic carbocycles. The van der Waals surface area contributed by atoms with Crippen molar-refractivity contribution in [1.29, 1.82) is 0 Å². The maximum absolute atomic E-state index is 6.31. The van der Waals surface area contributed by atoms with Gasteiger partial charge in [-0.05, 0) is 37.5 Å². The predicted octanol–water partition coefficient (Wildman–Crippen LogP) is 3.21. The van der Waals surface area contributed by atoms with Gasteiger partial charge in [-0.15, -0.1) is 0 Å². The van der Waals surface area contributed by atoms with Crippen molar-refractivity contribution in [3.8, 4) is 0 Å². The molecule has 1 saturated heterocycles. The van der Waals surface area contributed by atoms with Gasteiger partial charge in [0.1, 0.15) is 4.99 Å². The topological polar surface area (TPSA) is 29.3 Å². The predicted molar refractivity (Wildman–Crippen MR) is 77.9 cm³/mol. The molecular formula is C13H17ClN2S.